The van der Waals surface area contributed by atoms with Crippen molar-refractivity contribution in [2.45, 2.75) is 25.6 Å². The van der Waals surface area contributed by atoms with Crippen molar-refractivity contribution < 1.29 is 14.9 Å². The highest BCUT2D eigenvalue weighted by molar-refractivity contribution is 7.09. The summed E-state index contributed by atoms with van der Waals surface area (Å²) >= 11 is 1.78. The van der Waals surface area contributed by atoms with Crippen molar-refractivity contribution in [1.82, 2.24) is 9.80 Å². The molecule has 0 saturated carbocycles. The maximum absolute atomic E-state index is 10.1. The first-order valence-corrected chi connectivity index (χ1v) is 9.53. The molecule has 0 unspecified atom stereocenters. The second-order valence-corrected chi connectivity index (χ2v) is 7.48. The number of benzene rings is 1. The van der Waals surface area contributed by atoms with Crippen molar-refractivity contribution in [3.63, 3.8) is 0 Å². The second kappa shape index (κ2) is 8.67. The lowest BCUT2D eigenvalue weighted by molar-refractivity contribution is 0.0503. The van der Waals surface area contributed by atoms with Crippen LogP contribution in [0.1, 0.15) is 16.9 Å². The Morgan fingerprint density at radius 1 is 1.24 bits per heavy atom. The van der Waals surface area contributed by atoms with Gasteiger partial charge in [-0.05, 0) is 36.1 Å². The fourth-order valence-electron chi connectivity index (χ4n) is 3.39. The normalized spacial score (nSPS) is 19.2. The zero-order chi connectivity index (χ0) is 17.6. The Bertz CT molecular complexity index is 663. The number of ether oxygens (including phenoxy) is 1. The Balaban J connectivity index is 1.65. The van der Waals surface area contributed by atoms with Crippen molar-refractivity contribution in [3.8, 4) is 11.5 Å². The zero-order valence-corrected chi connectivity index (χ0v) is 15.4. The van der Waals surface area contributed by atoms with E-state index in [0.717, 1.165) is 43.9 Å². The molecule has 1 saturated heterocycles. The Morgan fingerprint density at radius 3 is 2.84 bits per heavy atom. The average Bonchev–Trinajstić information content (AvgIpc) is 3.12. The van der Waals surface area contributed by atoms with E-state index < -0.39 is 0 Å². The fourth-order valence-corrected chi connectivity index (χ4v) is 4.12. The quantitative estimate of drug-likeness (QED) is 0.793. The van der Waals surface area contributed by atoms with Crippen LogP contribution >= 0.6 is 11.3 Å². The van der Waals surface area contributed by atoms with E-state index in [9.17, 15) is 10.2 Å². The summed E-state index contributed by atoms with van der Waals surface area (Å²) in [7, 11) is 1.64. The fraction of sp³-hybridized carbons (Fsp3) is 0.474. The molecule has 0 aliphatic carbocycles. The summed E-state index contributed by atoms with van der Waals surface area (Å²) in [6, 6.07) is 9.94. The van der Waals surface area contributed by atoms with E-state index in [1.807, 2.05) is 6.07 Å². The van der Waals surface area contributed by atoms with E-state index in [1.165, 1.54) is 4.88 Å². The minimum atomic E-state index is 0.198. The molecular formula is C19H26N2O3S. The molecule has 1 fully saturated rings. The number of aliphatic hydroxyl groups is 1. The summed E-state index contributed by atoms with van der Waals surface area (Å²) in [5.41, 5.74) is 0.883. The highest BCUT2D eigenvalue weighted by Gasteiger charge is 2.27. The van der Waals surface area contributed by atoms with Gasteiger partial charge in [-0.2, -0.15) is 0 Å². The lowest BCUT2D eigenvalue weighted by Crippen LogP contribution is -2.52. The molecule has 6 heteroatoms. The van der Waals surface area contributed by atoms with Gasteiger partial charge in [0, 0.05) is 55.8 Å². The number of aromatic hydroxyl groups is 1. The number of phenols is 1. The first-order valence-electron chi connectivity index (χ1n) is 8.65. The van der Waals surface area contributed by atoms with Crippen molar-refractivity contribution in [2.24, 2.45) is 0 Å². The number of rotatable bonds is 7. The molecule has 1 aliphatic rings. The van der Waals surface area contributed by atoms with Gasteiger partial charge in [0.05, 0.1) is 7.11 Å². The molecule has 2 heterocycles. The summed E-state index contributed by atoms with van der Waals surface area (Å²) in [5.74, 6) is 1.07. The SMILES string of the molecule is COc1ccc(O)c(CN2CCN(Cc3cccs3)[C@H](CCO)C2)c1. The minimum Gasteiger partial charge on any atom is -0.508 e. The summed E-state index contributed by atoms with van der Waals surface area (Å²) in [6.07, 6.45) is 0.770. The number of hydrogen-bond acceptors (Lipinski definition) is 6. The minimum absolute atomic E-state index is 0.198. The molecule has 2 aromatic rings. The molecular weight excluding hydrogens is 336 g/mol. The average molecular weight is 362 g/mol. The number of methoxy groups -OCH3 is 1. The standard InChI is InChI=1S/C19H26N2O3S/c1-24-17-4-5-19(23)15(11-17)12-20-7-8-21(16(13-20)6-9-22)14-18-3-2-10-25-18/h2-5,10-11,16,22-23H,6-9,12-14H2,1H3/t16-/m1/s1. The molecule has 1 aliphatic heterocycles. The molecule has 0 amide bonds. The highest BCUT2D eigenvalue weighted by Crippen LogP contribution is 2.26. The molecule has 0 radical (unpaired) electrons. The van der Waals surface area contributed by atoms with Crippen molar-refractivity contribution >= 4 is 11.3 Å². The van der Waals surface area contributed by atoms with E-state index in [1.54, 1.807) is 30.6 Å². The van der Waals surface area contributed by atoms with Crippen LogP contribution in [-0.2, 0) is 13.1 Å². The zero-order valence-electron chi connectivity index (χ0n) is 14.6. The predicted octanol–water partition coefficient (Wildman–Crippen LogP) is 2.53. The predicted molar refractivity (Wildman–Crippen MR) is 100 cm³/mol. The van der Waals surface area contributed by atoms with Gasteiger partial charge in [-0.3, -0.25) is 9.80 Å². The number of piperazine rings is 1. The van der Waals surface area contributed by atoms with Crippen LogP contribution in [0.25, 0.3) is 0 Å². The van der Waals surface area contributed by atoms with Crippen LogP contribution in [0.2, 0.25) is 0 Å². The summed E-state index contributed by atoms with van der Waals surface area (Å²) in [5, 5.41) is 21.7. The molecule has 3 rings (SSSR count). The van der Waals surface area contributed by atoms with Gasteiger partial charge in [0.2, 0.25) is 0 Å². The van der Waals surface area contributed by atoms with Crippen LogP contribution in [0, 0.1) is 0 Å². The Morgan fingerprint density at radius 2 is 2.12 bits per heavy atom. The van der Waals surface area contributed by atoms with E-state index in [0.29, 0.717) is 18.3 Å². The van der Waals surface area contributed by atoms with Gasteiger partial charge in [0.25, 0.3) is 0 Å². The molecule has 136 valence electrons. The maximum Gasteiger partial charge on any atom is 0.120 e. The van der Waals surface area contributed by atoms with Crippen LogP contribution in [-0.4, -0.2) is 59.4 Å². The lowest BCUT2D eigenvalue weighted by Gasteiger charge is -2.41. The van der Waals surface area contributed by atoms with Crippen LogP contribution < -0.4 is 4.74 Å². The summed E-state index contributed by atoms with van der Waals surface area (Å²) in [6.45, 7) is 4.64. The molecule has 25 heavy (non-hydrogen) atoms. The maximum atomic E-state index is 10.1. The van der Waals surface area contributed by atoms with Gasteiger partial charge in [0.1, 0.15) is 11.5 Å². The van der Waals surface area contributed by atoms with Gasteiger partial charge in [-0.15, -0.1) is 11.3 Å². The van der Waals surface area contributed by atoms with Crippen molar-refractivity contribution in [3.05, 3.63) is 46.2 Å². The second-order valence-electron chi connectivity index (χ2n) is 6.45. The van der Waals surface area contributed by atoms with Crippen LogP contribution in [0.15, 0.2) is 35.7 Å². The third-order valence-corrected chi connectivity index (χ3v) is 5.63. The summed E-state index contributed by atoms with van der Waals surface area (Å²) in [4.78, 5) is 6.17. The van der Waals surface area contributed by atoms with Crippen molar-refractivity contribution in [2.75, 3.05) is 33.4 Å². The molecule has 0 bridgehead atoms. The van der Waals surface area contributed by atoms with Gasteiger partial charge < -0.3 is 14.9 Å². The Kier molecular flexibility index (Phi) is 6.31. The molecule has 1 aromatic carbocycles. The summed E-state index contributed by atoms with van der Waals surface area (Å²) < 4.78 is 5.26. The van der Waals surface area contributed by atoms with E-state index in [2.05, 4.69) is 27.3 Å². The van der Waals surface area contributed by atoms with Gasteiger partial charge in [0.15, 0.2) is 0 Å². The van der Waals surface area contributed by atoms with Crippen LogP contribution in [0.3, 0.4) is 0 Å². The number of hydrogen-bond donors (Lipinski definition) is 2. The largest absolute Gasteiger partial charge is 0.508 e. The first-order chi connectivity index (χ1) is 12.2. The van der Waals surface area contributed by atoms with E-state index >= 15 is 0 Å². The topological polar surface area (TPSA) is 56.2 Å². The Hall–Kier alpha value is -1.60. The van der Waals surface area contributed by atoms with Crippen LogP contribution in [0.5, 0.6) is 11.5 Å². The first kappa shape index (κ1) is 18.2. The van der Waals surface area contributed by atoms with Crippen molar-refractivity contribution in [1.29, 1.82) is 0 Å². The lowest BCUT2D eigenvalue weighted by atomic mass is 10.1. The van der Waals surface area contributed by atoms with Gasteiger partial charge in [-0.1, -0.05) is 6.07 Å². The molecule has 1 aromatic heterocycles. The van der Waals surface area contributed by atoms with E-state index in [4.69, 9.17) is 4.74 Å². The number of thiophene rings is 1. The molecule has 1 atom stereocenters. The van der Waals surface area contributed by atoms with E-state index in [-0.39, 0.29) is 6.61 Å². The molecule has 0 spiro atoms. The molecule has 5 nitrogen and oxygen atoms in total. The highest BCUT2D eigenvalue weighted by atomic mass is 32.1. The number of nitrogens with zero attached hydrogens (tertiary/aromatic N) is 2. The van der Waals surface area contributed by atoms with Gasteiger partial charge >= 0.3 is 0 Å². The third kappa shape index (κ3) is 4.73. The van der Waals surface area contributed by atoms with Gasteiger partial charge in [-0.25, -0.2) is 0 Å². The van der Waals surface area contributed by atoms with Crippen LogP contribution in [0.4, 0.5) is 0 Å². The number of phenolic OH excluding ortho intramolecular Hbond substituents is 1. The molecule has 2 N–H and O–H groups in total. The Labute approximate surface area is 153 Å². The smallest absolute Gasteiger partial charge is 0.120 e. The third-order valence-electron chi connectivity index (χ3n) is 4.77. The monoisotopic (exact) mass is 362 g/mol. The number of aliphatic hydroxyl groups excluding tert-OH is 1.